The largest absolute Gasteiger partial charge is 0.287 e. The quantitative estimate of drug-likeness (QED) is 0.485. The van der Waals surface area contributed by atoms with Gasteiger partial charge >= 0.3 is 0 Å². The van der Waals surface area contributed by atoms with Crippen LogP contribution in [0, 0.1) is 11.3 Å². The van der Waals surface area contributed by atoms with Crippen molar-refractivity contribution in [1.82, 2.24) is 4.67 Å². The Morgan fingerprint density at radius 2 is 2.40 bits per heavy atom. The molecule has 2 heteroatoms. The van der Waals surface area contributed by atoms with Crippen LogP contribution in [0.2, 0.25) is 0 Å². The first kappa shape index (κ1) is 7.06. The van der Waals surface area contributed by atoms with Crippen LogP contribution >= 0.6 is 9.39 Å². The van der Waals surface area contributed by atoms with E-state index < -0.39 is 0 Å². The molecule has 3 atom stereocenters. The van der Waals surface area contributed by atoms with E-state index in [1.807, 2.05) is 0 Å². The molecule has 3 unspecified atom stereocenters. The summed E-state index contributed by atoms with van der Waals surface area (Å²) in [6.45, 7) is 5.08. The second-order valence-electron chi connectivity index (χ2n) is 4.17. The SMILES string of the molecule is CC12CCCC1CN(P)C2. The van der Waals surface area contributed by atoms with Crippen molar-refractivity contribution in [3.8, 4) is 0 Å². The molecule has 2 fully saturated rings. The van der Waals surface area contributed by atoms with Crippen LogP contribution in [-0.4, -0.2) is 17.8 Å². The van der Waals surface area contributed by atoms with Crippen LogP contribution in [0.3, 0.4) is 0 Å². The molecule has 0 bridgehead atoms. The first-order chi connectivity index (χ1) is 4.71. The number of fused-ring (bicyclic) bond motifs is 1. The van der Waals surface area contributed by atoms with Gasteiger partial charge in [0.05, 0.1) is 0 Å². The Morgan fingerprint density at radius 3 is 3.10 bits per heavy atom. The van der Waals surface area contributed by atoms with Crippen LogP contribution < -0.4 is 0 Å². The molecule has 1 saturated carbocycles. The van der Waals surface area contributed by atoms with Crippen LogP contribution in [0.25, 0.3) is 0 Å². The lowest BCUT2D eigenvalue weighted by atomic mass is 9.83. The fourth-order valence-electron chi connectivity index (χ4n) is 2.64. The van der Waals surface area contributed by atoms with Gasteiger partial charge in [-0.05, 0) is 24.2 Å². The number of hydrogen-bond donors (Lipinski definition) is 0. The minimum atomic E-state index is 0.682. The Bertz CT molecular complexity index is 148. The predicted octanol–water partition coefficient (Wildman–Crippen LogP) is 1.90. The van der Waals surface area contributed by atoms with Crippen molar-refractivity contribution in [3.63, 3.8) is 0 Å². The van der Waals surface area contributed by atoms with Crippen molar-refractivity contribution in [2.24, 2.45) is 11.3 Å². The topological polar surface area (TPSA) is 3.24 Å². The second-order valence-corrected chi connectivity index (χ2v) is 4.90. The van der Waals surface area contributed by atoms with Gasteiger partial charge in [0.25, 0.3) is 0 Å². The minimum Gasteiger partial charge on any atom is -0.287 e. The van der Waals surface area contributed by atoms with Gasteiger partial charge in [0.2, 0.25) is 0 Å². The second kappa shape index (κ2) is 2.19. The van der Waals surface area contributed by atoms with Gasteiger partial charge in [-0.2, -0.15) is 0 Å². The zero-order valence-electron chi connectivity index (χ0n) is 6.64. The van der Waals surface area contributed by atoms with Crippen LogP contribution in [0.5, 0.6) is 0 Å². The third kappa shape index (κ3) is 0.914. The van der Waals surface area contributed by atoms with Gasteiger partial charge in [0.1, 0.15) is 0 Å². The standard InChI is InChI=1S/C8H16NP/c1-8-4-2-3-7(8)5-9(10)6-8/h7H,2-6,10H2,1H3. The molecule has 0 spiro atoms. The molecular weight excluding hydrogens is 141 g/mol. The first-order valence-corrected chi connectivity index (χ1v) is 4.72. The van der Waals surface area contributed by atoms with Crippen LogP contribution in [-0.2, 0) is 0 Å². The number of rotatable bonds is 0. The van der Waals surface area contributed by atoms with Crippen molar-refractivity contribution >= 4 is 9.39 Å². The normalized spacial score (nSPS) is 48.0. The summed E-state index contributed by atoms with van der Waals surface area (Å²) in [6, 6.07) is 0. The van der Waals surface area contributed by atoms with E-state index in [2.05, 4.69) is 21.0 Å². The van der Waals surface area contributed by atoms with Crippen LogP contribution in [0.4, 0.5) is 0 Å². The molecule has 10 heavy (non-hydrogen) atoms. The molecule has 0 aromatic rings. The van der Waals surface area contributed by atoms with Crippen molar-refractivity contribution < 1.29 is 0 Å². The highest BCUT2D eigenvalue weighted by molar-refractivity contribution is 7.13. The van der Waals surface area contributed by atoms with Gasteiger partial charge in [0, 0.05) is 13.1 Å². The molecular formula is C8H16NP. The van der Waals surface area contributed by atoms with Gasteiger partial charge in [-0.3, -0.25) is 4.67 Å². The Kier molecular flexibility index (Phi) is 1.54. The van der Waals surface area contributed by atoms with Crippen molar-refractivity contribution in [2.75, 3.05) is 13.1 Å². The number of nitrogens with zero attached hydrogens (tertiary/aromatic N) is 1. The molecule has 0 amide bonds. The molecule has 2 rings (SSSR count). The highest BCUT2D eigenvalue weighted by atomic mass is 31.0. The molecule has 0 aromatic heterocycles. The maximum Gasteiger partial charge on any atom is 0.00734 e. The zero-order valence-corrected chi connectivity index (χ0v) is 7.79. The molecule has 1 aliphatic heterocycles. The Balaban J connectivity index is 2.15. The van der Waals surface area contributed by atoms with E-state index >= 15 is 0 Å². The van der Waals surface area contributed by atoms with Gasteiger partial charge in [-0.1, -0.05) is 22.7 Å². The monoisotopic (exact) mass is 157 g/mol. The molecule has 0 radical (unpaired) electrons. The molecule has 1 aliphatic carbocycles. The van der Waals surface area contributed by atoms with Gasteiger partial charge in [-0.15, -0.1) is 0 Å². The molecule has 58 valence electrons. The van der Waals surface area contributed by atoms with E-state index in [1.54, 1.807) is 0 Å². The van der Waals surface area contributed by atoms with Crippen molar-refractivity contribution in [1.29, 1.82) is 0 Å². The maximum absolute atomic E-state index is 2.84. The minimum absolute atomic E-state index is 0.682. The summed E-state index contributed by atoms with van der Waals surface area (Å²) in [5.41, 5.74) is 0.682. The average molecular weight is 157 g/mol. The smallest absolute Gasteiger partial charge is 0.00734 e. The fraction of sp³-hybridized carbons (Fsp3) is 1.00. The van der Waals surface area contributed by atoms with E-state index in [0.717, 1.165) is 5.92 Å². The lowest BCUT2D eigenvalue weighted by Crippen LogP contribution is -2.19. The lowest BCUT2D eigenvalue weighted by molar-refractivity contribution is 0.301. The van der Waals surface area contributed by atoms with Crippen molar-refractivity contribution in [3.05, 3.63) is 0 Å². The predicted molar refractivity (Wildman–Crippen MR) is 46.7 cm³/mol. The summed E-state index contributed by atoms with van der Waals surface area (Å²) in [7, 11) is 2.84. The van der Waals surface area contributed by atoms with Crippen LogP contribution in [0.15, 0.2) is 0 Å². The Hall–Kier alpha value is 0.390. The molecule has 0 aromatic carbocycles. The van der Waals surface area contributed by atoms with E-state index in [0.29, 0.717) is 5.41 Å². The summed E-state index contributed by atoms with van der Waals surface area (Å²) in [6.07, 6.45) is 4.41. The summed E-state index contributed by atoms with van der Waals surface area (Å²) in [5.74, 6) is 1.00. The molecule has 1 nitrogen and oxygen atoms in total. The summed E-state index contributed by atoms with van der Waals surface area (Å²) >= 11 is 0. The van der Waals surface area contributed by atoms with E-state index in [4.69, 9.17) is 0 Å². The van der Waals surface area contributed by atoms with Crippen LogP contribution in [0.1, 0.15) is 26.2 Å². The molecule has 0 N–H and O–H groups in total. The third-order valence-corrected chi connectivity index (χ3v) is 3.70. The summed E-state index contributed by atoms with van der Waals surface area (Å²) in [5, 5.41) is 0. The van der Waals surface area contributed by atoms with E-state index in [1.165, 1.54) is 32.4 Å². The molecule has 1 saturated heterocycles. The highest BCUT2D eigenvalue weighted by Crippen LogP contribution is 2.48. The molecule has 1 heterocycles. The Labute approximate surface area is 65.4 Å². The third-order valence-electron chi connectivity index (χ3n) is 3.31. The van der Waals surface area contributed by atoms with Gasteiger partial charge in [0.15, 0.2) is 0 Å². The zero-order chi connectivity index (χ0) is 7.19. The number of hydrogen-bond acceptors (Lipinski definition) is 1. The van der Waals surface area contributed by atoms with Crippen molar-refractivity contribution in [2.45, 2.75) is 26.2 Å². The molecule has 2 aliphatic rings. The van der Waals surface area contributed by atoms with Gasteiger partial charge in [-0.25, -0.2) is 0 Å². The summed E-state index contributed by atoms with van der Waals surface area (Å²) < 4.78 is 2.41. The fourth-order valence-corrected chi connectivity index (χ4v) is 3.31. The Morgan fingerprint density at radius 1 is 1.60 bits per heavy atom. The lowest BCUT2D eigenvalue weighted by Gasteiger charge is -2.21. The van der Waals surface area contributed by atoms with E-state index in [-0.39, 0.29) is 0 Å². The van der Waals surface area contributed by atoms with E-state index in [9.17, 15) is 0 Å². The maximum atomic E-state index is 2.84. The summed E-state index contributed by atoms with van der Waals surface area (Å²) in [4.78, 5) is 0. The first-order valence-electron chi connectivity index (χ1n) is 4.20. The average Bonchev–Trinajstić information content (AvgIpc) is 2.20. The highest BCUT2D eigenvalue weighted by Gasteiger charge is 2.44. The van der Waals surface area contributed by atoms with Gasteiger partial charge < -0.3 is 0 Å².